The highest BCUT2D eigenvalue weighted by atomic mass is 19.1. The van der Waals surface area contributed by atoms with Crippen molar-refractivity contribution in [2.24, 2.45) is 0 Å². The van der Waals surface area contributed by atoms with Crippen molar-refractivity contribution in [3.8, 4) is 22.8 Å². The molecule has 25 heteroatoms. The highest BCUT2D eigenvalue weighted by Gasteiger charge is 2.19. The van der Waals surface area contributed by atoms with Gasteiger partial charge in [-0.2, -0.15) is 0 Å². The van der Waals surface area contributed by atoms with Crippen LogP contribution in [0.1, 0.15) is 92.4 Å². The number of anilines is 1. The number of aromatic amines is 1. The number of hydrogen-bond donors (Lipinski definition) is 3. The number of hydrogen-bond acceptors (Lipinski definition) is 18. The van der Waals surface area contributed by atoms with Gasteiger partial charge in [0, 0.05) is 52.7 Å². The van der Waals surface area contributed by atoms with Crippen molar-refractivity contribution in [3.63, 3.8) is 0 Å². The van der Waals surface area contributed by atoms with E-state index in [1.165, 1.54) is 24.8 Å². The lowest BCUT2D eigenvalue weighted by Crippen LogP contribution is -2.07. The van der Waals surface area contributed by atoms with E-state index in [0.717, 1.165) is 47.0 Å². The first-order valence-corrected chi connectivity index (χ1v) is 23.4. The molecule has 0 bridgehead atoms. The van der Waals surface area contributed by atoms with Crippen LogP contribution in [0.2, 0.25) is 0 Å². The minimum Gasteiger partial charge on any atom is -0.508 e. The number of phenolic OH excluding ortho intramolecular Hbond substituents is 1. The van der Waals surface area contributed by atoms with Crippen molar-refractivity contribution < 1.29 is 57.5 Å². The van der Waals surface area contributed by atoms with Crippen molar-refractivity contribution in [2.75, 3.05) is 32.2 Å². The molecule has 0 aliphatic carbocycles. The largest absolute Gasteiger partial charge is 0.508 e. The number of benzene rings is 4. The third-order valence-corrected chi connectivity index (χ3v) is 10.4. The summed E-state index contributed by atoms with van der Waals surface area (Å²) in [4.78, 5) is 84.3. The molecule has 0 amide bonds. The van der Waals surface area contributed by atoms with Gasteiger partial charge in [0.05, 0.1) is 59.7 Å². The van der Waals surface area contributed by atoms with Crippen LogP contribution in [-0.2, 0) is 18.9 Å². The lowest BCUT2D eigenvalue weighted by Gasteiger charge is -2.06. The molecule has 0 radical (unpaired) electrons. The van der Waals surface area contributed by atoms with Gasteiger partial charge in [0.15, 0.2) is 22.8 Å². The molecule has 0 atom stereocenters. The monoisotopic (exact) mass is 1060 g/mol. The van der Waals surface area contributed by atoms with Crippen LogP contribution in [0.15, 0.2) is 122 Å². The van der Waals surface area contributed by atoms with Crippen molar-refractivity contribution in [1.29, 1.82) is 0 Å². The first-order valence-electron chi connectivity index (χ1n) is 23.4. The smallest absolute Gasteiger partial charge is 0.358 e. The maximum absolute atomic E-state index is 12.1. The number of nitro groups is 2. The number of phenols is 1. The molecule has 8 rings (SSSR count). The number of nitrogens with one attached hydrogen (secondary N) is 1. The Bertz CT molecular complexity index is 3140. The quantitative estimate of drug-likeness (QED) is 0.0319. The van der Waals surface area contributed by atoms with Gasteiger partial charge < -0.3 is 48.5 Å². The van der Waals surface area contributed by atoms with Gasteiger partial charge in [-0.25, -0.2) is 43.5 Å². The van der Waals surface area contributed by atoms with Crippen LogP contribution in [0, 0.1) is 53.7 Å². The number of ether oxygens (including phenoxy) is 4. The fourth-order valence-electron chi connectivity index (χ4n) is 6.52. The Labute approximate surface area is 440 Å². The van der Waals surface area contributed by atoms with Gasteiger partial charge in [0.25, 0.3) is 11.4 Å². The van der Waals surface area contributed by atoms with Crippen LogP contribution in [0.5, 0.6) is 5.75 Å². The summed E-state index contributed by atoms with van der Waals surface area (Å²) in [6, 6.07) is 24.4. The Balaban J connectivity index is 0.000000213. The van der Waals surface area contributed by atoms with Crippen LogP contribution in [0.4, 0.5) is 21.5 Å². The molecule has 8 aromatic rings. The normalized spacial score (nSPS) is 10.1. The Morgan fingerprint density at radius 1 is 0.532 bits per heavy atom. The van der Waals surface area contributed by atoms with E-state index in [2.05, 4.69) is 24.9 Å². The van der Waals surface area contributed by atoms with E-state index in [0.29, 0.717) is 59.7 Å². The Hall–Kier alpha value is -10.1. The molecule has 77 heavy (non-hydrogen) atoms. The molecular weight excluding hydrogens is 1010 g/mol. The van der Waals surface area contributed by atoms with Crippen LogP contribution >= 0.6 is 0 Å². The fourth-order valence-corrected chi connectivity index (χ4v) is 6.52. The molecule has 24 nitrogen and oxygen atoms in total. The van der Waals surface area contributed by atoms with E-state index < -0.39 is 33.6 Å². The van der Waals surface area contributed by atoms with E-state index >= 15 is 0 Å². The zero-order valence-corrected chi connectivity index (χ0v) is 43.2. The predicted molar refractivity (Wildman–Crippen MR) is 278 cm³/mol. The fraction of sp³-hybridized carbons (Fsp3) is 0.231. The number of H-pyrrole nitrogens is 1. The summed E-state index contributed by atoms with van der Waals surface area (Å²) in [5.41, 5.74) is 12.8. The molecule has 0 unspecified atom stereocenters. The number of imidazole rings is 4. The standard InChI is InChI=1S/C13H13N3O4.C13H15N3O2.C13H14N2O3.C7H10N2O2.C6H4FNO2/c1-3-20-13(17)12-9(2)15(8-14-12)10-4-6-11(7-5-10)16(18)19;1-3-18-13(17)12-9(2)16(8-15-12)11-6-4-10(14)5-7-11;1-3-18-13(17)12-9(2)15(8-14-12)10-4-6-11(16)7-5-10;1-3-11-7(10)6-5(2)8-4-9-6;7-5-1-3-6(4-2-5)8(9)10/h4-8H,3H2,1-2H3;4-8H,3,14H2,1-2H3;4-8,16H,3H2,1-2H3;4H,3H2,1-2H3,(H,8,9);1-4H. The van der Waals surface area contributed by atoms with Crippen molar-refractivity contribution in [3.05, 3.63) is 194 Å². The number of nitrogens with zero attached hydrogens (tertiary/aromatic N) is 9. The molecule has 404 valence electrons. The average Bonchev–Trinajstić information content (AvgIpc) is 4.22. The number of non-ortho nitro benzene ring substituents is 2. The number of rotatable bonds is 13. The molecule has 0 fully saturated rings. The van der Waals surface area contributed by atoms with Gasteiger partial charge in [0.2, 0.25) is 0 Å². The van der Waals surface area contributed by atoms with Crippen molar-refractivity contribution in [2.45, 2.75) is 55.4 Å². The second-order valence-electron chi connectivity index (χ2n) is 15.5. The van der Waals surface area contributed by atoms with E-state index in [-0.39, 0.29) is 35.4 Å². The number of esters is 4. The lowest BCUT2D eigenvalue weighted by molar-refractivity contribution is -0.385. The Kier molecular flexibility index (Phi) is 22.4. The van der Waals surface area contributed by atoms with Gasteiger partial charge >= 0.3 is 23.9 Å². The number of aromatic nitrogens is 8. The summed E-state index contributed by atoms with van der Waals surface area (Å²) in [6.45, 7) is 15.5. The molecule has 0 aliphatic rings. The molecule has 0 saturated carbocycles. The number of nitrogens with two attached hydrogens (primary N) is 1. The maximum atomic E-state index is 12.1. The number of aryl methyl sites for hydroxylation is 1. The Morgan fingerprint density at radius 2 is 0.844 bits per heavy atom. The third-order valence-electron chi connectivity index (χ3n) is 10.4. The number of nitro benzene ring substituents is 2. The third kappa shape index (κ3) is 16.7. The summed E-state index contributed by atoms with van der Waals surface area (Å²) in [5, 5.41) is 29.8. The SMILES string of the molecule is CCOC(=O)c1nc[nH]c1C.CCOC(=O)c1ncn(-c2ccc(N)cc2)c1C.CCOC(=O)c1ncn(-c2ccc(O)cc2)c1C.CCOC(=O)c1ncn(-c2ccc([N+](=O)[O-])cc2)c1C.O=[N+]([O-])c1ccc(F)cc1. The van der Waals surface area contributed by atoms with Gasteiger partial charge in [-0.05, 0) is 128 Å². The number of carbonyl (C=O) groups excluding carboxylic acids is 4. The summed E-state index contributed by atoms with van der Waals surface area (Å²) in [5.74, 6) is -1.94. The highest BCUT2D eigenvalue weighted by Crippen LogP contribution is 2.21. The second kappa shape index (κ2) is 29.0. The molecule has 4 aromatic heterocycles. The first kappa shape index (κ1) is 59.5. The summed E-state index contributed by atoms with van der Waals surface area (Å²) in [6.07, 6.45) is 6.13. The molecule has 0 spiro atoms. The minimum atomic E-state index is -0.570. The van der Waals surface area contributed by atoms with Crippen LogP contribution in [0.25, 0.3) is 17.1 Å². The molecule has 4 N–H and O–H groups in total. The van der Waals surface area contributed by atoms with Gasteiger partial charge in [-0.1, -0.05) is 0 Å². The predicted octanol–water partition coefficient (Wildman–Crippen LogP) is 8.90. The minimum absolute atomic E-state index is 0.0112. The molecular formula is C52H56FN11O13. The highest BCUT2D eigenvalue weighted by molar-refractivity contribution is 5.90. The summed E-state index contributed by atoms with van der Waals surface area (Å²) < 4.78 is 36.9. The molecule has 0 aliphatic heterocycles. The van der Waals surface area contributed by atoms with Gasteiger partial charge in [0.1, 0.15) is 30.5 Å². The Morgan fingerprint density at radius 3 is 1.16 bits per heavy atom. The van der Waals surface area contributed by atoms with E-state index in [1.54, 1.807) is 119 Å². The van der Waals surface area contributed by atoms with Crippen molar-refractivity contribution in [1.82, 2.24) is 38.6 Å². The van der Waals surface area contributed by atoms with Crippen molar-refractivity contribution >= 4 is 40.9 Å². The molecule has 0 saturated heterocycles. The zero-order valence-electron chi connectivity index (χ0n) is 43.2. The van der Waals surface area contributed by atoms with Gasteiger partial charge in [-0.3, -0.25) is 20.2 Å². The van der Waals surface area contributed by atoms with E-state index in [1.807, 2.05) is 23.6 Å². The first-order chi connectivity index (χ1) is 36.8. The van der Waals surface area contributed by atoms with Crippen LogP contribution in [0.3, 0.4) is 0 Å². The number of nitrogen functional groups attached to an aromatic ring is 1. The zero-order chi connectivity index (χ0) is 56.8. The lowest BCUT2D eigenvalue weighted by atomic mass is 10.2. The van der Waals surface area contributed by atoms with E-state index in [4.69, 9.17) is 24.7 Å². The average molecular weight is 1060 g/mol. The molecule has 4 aromatic carbocycles. The van der Waals surface area contributed by atoms with Crippen LogP contribution in [-0.4, -0.2) is 104 Å². The van der Waals surface area contributed by atoms with E-state index in [9.17, 15) is 48.9 Å². The van der Waals surface area contributed by atoms with Gasteiger partial charge in [-0.15, -0.1) is 0 Å². The summed E-state index contributed by atoms with van der Waals surface area (Å²) >= 11 is 0. The molecule has 4 heterocycles. The topological polar surface area (TPSA) is 320 Å². The number of halogens is 1. The number of carbonyl (C=O) groups is 4. The summed E-state index contributed by atoms with van der Waals surface area (Å²) in [7, 11) is 0. The maximum Gasteiger partial charge on any atom is 0.358 e. The van der Waals surface area contributed by atoms with Crippen LogP contribution < -0.4 is 5.73 Å². The number of aromatic hydroxyl groups is 1. The second-order valence-corrected chi connectivity index (χ2v) is 15.5.